The summed E-state index contributed by atoms with van der Waals surface area (Å²) in [6.07, 6.45) is 3.20. The van der Waals surface area contributed by atoms with Crippen LogP contribution in [-0.2, 0) is 14.3 Å². The number of rotatable bonds is 5. The van der Waals surface area contributed by atoms with E-state index in [9.17, 15) is 9.59 Å². The number of halogens is 1. The Kier molecular flexibility index (Phi) is 5.92. The van der Waals surface area contributed by atoms with Crippen LogP contribution in [0.25, 0.3) is 0 Å². The van der Waals surface area contributed by atoms with Gasteiger partial charge in [0.2, 0.25) is 5.91 Å². The third-order valence-electron chi connectivity index (χ3n) is 3.91. The highest BCUT2D eigenvalue weighted by molar-refractivity contribution is 9.10. The van der Waals surface area contributed by atoms with Crippen molar-refractivity contribution in [3.8, 4) is 0 Å². The quantitative estimate of drug-likeness (QED) is 0.622. The van der Waals surface area contributed by atoms with Crippen LogP contribution in [0.5, 0.6) is 0 Å². The Morgan fingerprint density at radius 2 is 2.05 bits per heavy atom. The Labute approximate surface area is 143 Å². The number of amides is 1. The minimum absolute atomic E-state index is 0.125. The molecule has 6 heteroatoms. The molecule has 0 heterocycles. The molecule has 0 spiro atoms. The van der Waals surface area contributed by atoms with Gasteiger partial charge in [-0.05, 0) is 43.5 Å². The number of benzene rings is 1. The van der Waals surface area contributed by atoms with E-state index in [1.807, 2.05) is 25.1 Å². The van der Waals surface area contributed by atoms with Crippen molar-refractivity contribution in [2.75, 3.05) is 12.9 Å². The van der Waals surface area contributed by atoms with E-state index in [-0.39, 0.29) is 11.9 Å². The molecule has 2 rings (SSSR count). The highest BCUT2D eigenvalue weighted by Crippen LogP contribution is 2.31. The first-order valence-corrected chi connectivity index (χ1v) is 9.03. The van der Waals surface area contributed by atoms with Crippen LogP contribution < -0.4 is 5.32 Å². The van der Waals surface area contributed by atoms with Gasteiger partial charge in [-0.3, -0.25) is 4.79 Å². The van der Waals surface area contributed by atoms with E-state index < -0.39 is 5.54 Å². The van der Waals surface area contributed by atoms with Gasteiger partial charge in [-0.2, -0.15) is 0 Å². The average molecular weight is 386 g/mol. The molecule has 22 heavy (non-hydrogen) atoms. The van der Waals surface area contributed by atoms with Crippen LogP contribution in [0.4, 0.5) is 0 Å². The SMILES string of the molecule is COC(=O)C1(NC(=O)CSc2ccc(Br)cc2C)CCCC1. The summed E-state index contributed by atoms with van der Waals surface area (Å²) in [5.74, 6) is -0.163. The summed E-state index contributed by atoms with van der Waals surface area (Å²) in [6, 6.07) is 5.97. The van der Waals surface area contributed by atoms with Crippen LogP contribution in [0, 0.1) is 6.92 Å². The third-order valence-corrected chi connectivity index (χ3v) is 5.58. The zero-order chi connectivity index (χ0) is 16.2. The van der Waals surface area contributed by atoms with Gasteiger partial charge >= 0.3 is 5.97 Å². The molecule has 1 fully saturated rings. The number of carbonyl (C=O) groups is 2. The molecule has 0 bridgehead atoms. The molecule has 0 radical (unpaired) electrons. The molecule has 0 aromatic heterocycles. The number of hydrogen-bond donors (Lipinski definition) is 1. The summed E-state index contributed by atoms with van der Waals surface area (Å²) in [4.78, 5) is 25.3. The summed E-state index contributed by atoms with van der Waals surface area (Å²) in [5, 5.41) is 2.90. The summed E-state index contributed by atoms with van der Waals surface area (Å²) < 4.78 is 5.89. The second-order valence-corrected chi connectivity index (χ2v) is 7.46. The molecule has 1 aliphatic rings. The maximum atomic E-state index is 12.2. The van der Waals surface area contributed by atoms with E-state index in [0.29, 0.717) is 18.6 Å². The lowest BCUT2D eigenvalue weighted by Gasteiger charge is -2.27. The minimum Gasteiger partial charge on any atom is -0.467 e. The maximum absolute atomic E-state index is 12.2. The van der Waals surface area contributed by atoms with E-state index in [0.717, 1.165) is 27.8 Å². The Hall–Kier alpha value is -1.01. The van der Waals surface area contributed by atoms with Crippen LogP contribution in [0.15, 0.2) is 27.6 Å². The molecule has 1 saturated carbocycles. The van der Waals surface area contributed by atoms with Gasteiger partial charge in [0.15, 0.2) is 0 Å². The maximum Gasteiger partial charge on any atom is 0.331 e. The number of esters is 1. The first kappa shape index (κ1) is 17.3. The fraction of sp³-hybridized carbons (Fsp3) is 0.500. The predicted octanol–water partition coefficient (Wildman–Crippen LogP) is 3.45. The molecule has 0 unspecified atom stereocenters. The molecule has 0 aliphatic heterocycles. The molecule has 1 N–H and O–H groups in total. The van der Waals surface area contributed by atoms with Gasteiger partial charge in [-0.15, -0.1) is 11.8 Å². The molecule has 4 nitrogen and oxygen atoms in total. The number of methoxy groups -OCH3 is 1. The van der Waals surface area contributed by atoms with E-state index in [2.05, 4.69) is 21.2 Å². The summed E-state index contributed by atoms with van der Waals surface area (Å²) in [5.41, 5.74) is 0.303. The van der Waals surface area contributed by atoms with E-state index >= 15 is 0 Å². The van der Waals surface area contributed by atoms with Gasteiger partial charge < -0.3 is 10.1 Å². The zero-order valence-electron chi connectivity index (χ0n) is 12.8. The van der Waals surface area contributed by atoms with Crippen molar-refractivity contribution in [2.24, 2.45) is 0 Å². The van der Waals surface area contributed by atoms with Gasteiger partial charge in [-0.1, -0.05) is 28.8 Å². The Morgan fingerprint density at radius 1 is 1.36 bits per heavy atom. The standard InChI is InChI=1S/C16H20BrNO3S/c1-11-9-12(17)5-6-13(11)22-10-14(19)18-16(15(20)21-2)7-3-4-8-16/h5-6,9H,3-4,7-8,10H2,1-2H3,(H,18,19). The minimum atomic E-state index is -0.818. The van der Waals surface area contributed by atoms with Crippen molar-refractivity contribution in [1.82, 2.24) is 5.32 Å². The average Bonchev–Trinajstić information content (AvgIpc) is 2.95. The molecular formula is C16H20BrNO3S. The Bertz CT molecular complexity index is 571. The van der Waals surface area contributed by atoms with Crippen molar-refractivity contribution in [2.45, 2.75) is 43.0 Å². The van der Waals surface area contributed by atoms with E-state index in [1.54, 1.807) is 0 Å². The highest BCUT2D eigenvalue weighted by atomic mass is 79.9. The summed E-state index contributed by atoms with van der Waals surface area (Å²) >= 11 is 4.91. The normalized spacial score (nSPS) is 16.3. The number of thioether (sulfide) groups is 1. The van der Waals surface area contributed by atoms with Crippen molar-refractivity contribution in [3.63, 3.8) is 0 Å². The molecule has 1 aromatic rings. The van der Waals surface area contributed by atoms with Gasteiger partial charge in [-0.25, -0.2) is 4.79 Å². The van der Waals surface area contributed by atoms with Crippen LogP contribution in [0.3, 0.4) is 0 Å². The van der Waals surface area contributed by atoms with Gasteiger partial charge in [0.1, 0.15) is 5.54 Å². The molecule has 1 aromatic carbocycles. The third kappa shape index (κ3) is 4.04. The van der Waals surface area contributed by atoms with Crippen molar-refractivity contribution in [1.29, 1.82) is 0 Å². The molecule has 120 valence electrons. The topological polar surface area (TPSA) is 55.4 Å². The second-order valence-electron chi connectivity index (χ2n) is 5.53. The van der Waals surface area contributed by atoms with E-state index in [4.69, 9.17) is 4.74 Å². The first-order chi connectivity index (χ1) is 10.5. The predicted molar refractivity (Wildman–Crippen MR) is 91.0 cm³/mol. The van der Waals surface area contributed by atoms with Crippen LogP contribution in [0.1, 0.15) is 31.2 Å². The smallest absolute Gasteiger partial charge is 0.331 e. The fourth-order valence-corrected chi connectivity index (χ4v) is 4.06. The summed E-state index contributed by atoms with van der Waals surface area (Å²) in [6.45, 7) is 2.01. The number of aryl methyl sites for hydroxylation is 1. The number of carbonyl (C=O) groups excluding carboxylic acids is 2. The fourth-order valence-electron chi connectivity index (χ4n) is 2.78. The number of nitrogens with one attached hydrogen (secondary N) is 1. The monoisotopic (exact) mass is 385 g/mol. The number of ether oxygens (including phenoxy) is 1. The molecule has 1 amide bonds. The van der Waals surface area contributed by atoms with Crippen molar-refractivity contribution in [3.05, 3.63) is 28.2 Å². The largest absolute Gasteiger partial charge is 0.467 e. The highest BCUT2D eigenvalue weighted by Gasteiger charge is 2.43. The summed E-state index contributed by atoms with van der Waals surface area (Å²) in [7, 11) is 1.37. The number of hydrogen-bond acceptors (Lipinski definition) is 4. The van der Waals surface area contributed by atoms with E-state index in [1.165, 1.54) is 18.9 Å². The Morgan fingerprint density at radius 3 is 2.64 bits per heavy atom. The molecule has 0 saturated heterocycles. The van der Waals surface area contributed by atoms with Crippen molar-refractivity contribution < 1.29 is 14.3 Å². The Balaban J connectivity index is 1.96. The van der Waals surface area contributed by atoms with Gasteiger partial charge in [0, 0.05) is 9.37 Å². The second kappa shape index (κ2) is 7.51. The van der Waals surface area contributed by atoms with Crippen molar-refractivity contribution >= 4 is 39.6 Å². The molecule has 1 aliphatic carbocycles. The lowest BCUT2D eigenvalue weighted by molar-refractivity contribution is -0.150. The first-order valence-electron chi connectivity index (χ1n) is 7.25. The van der Waals surface area contributed by atoms with Gasteiger partial charge in [0.05, 0.1) is 12.9 Å². The van der Waals surface area contributed by atoms with Crippen LogP contribution >= 0.6 is 27.7 Å². The molecule has 0 atom stereocenters. The lowest BCUT2D eigenvalue weighted by Crippen LogP contribution is -2.53. The lowest BCUT2D eigenvalue weighted by atomic mass is 9.98. The van der Waals surface area contributed by atoms with Crippen LogP contribution in [0.2, 0.25) is 0 Å². The van der Waals surface area contributed by atoms with Crippen LogP contribution in [-0.4, -0.2) is 30.3 Å². The van der Waals surface area contributed by atoms with Gasteiger partial charge in [0.25, 0.3) is 0 Å². The zero-order valence-corrected chi connectivity index (χ0v) is 15.2. The molecular weight excluding hydrogens is 366 g/mol.